The Morgan fingerprint density at radius 3 is 2.57 bits per heavy atom. The van der Waals surface area contributed by atoms with Crippen LogP contribution in [0.5, 0.6) is 0 Å². The van der Waals surface area contributed by atoms with E-state index >= 15 is 0 Å². The number of imidazole rings is 1. The quantitative estimate of drug-likeness (QED) is 0.0500. The van der Waals surface area contributed by atoms with Gasteiger partial charge in [-0.15, -0.1) is 0 Å². The molecule has 5 atom stereocenters. The standard InChI is InChI=1S/C51H65N10O8P/c1-7-60-25-14-16-31-26-36-38(28-39(31)60)51(2,3)37-27-32(58(4)5)20-21-35(37)42(36)33-17-10-11-18-34(33)48(64)59(6)24-15-19-41(62)53-22-12-8-9-13-23-54-50-57-43-46(52)55-30-56-47(43)61(50)49-44(63)45-40(68-49)29-67-70(65,66)69-45/h10-11,17-18,20-21,26-28,30,40,44-45,49,52,63H,7-9,12-16,19,22-25,29H2,1-6H3,(H3,53,62,64,65,66)/p+1/t40-,44-,45-,49-/m1/s1. The van der Waals surface area contributed by atoms with Gasteiger partial charge < -0.3 is 40.9 Å². The number of fused-ring (bicyclic) bond motifs is 5. The summed E-state index contributed by atoms with van der Waals surface area (Å²) in [4.78, 5) is 54.1. The molecule has 18 nitrogen and oxygen atoms in total. The third-order valence-corrected chi connectivity index (χ3v) is 15.3. The largest absolute Gasteiger partial charge is 0.472 e. The monoisotopic (exact) mass is 977 g/mol. The number of benzene rings is 3. The Balaban J connectivity index is 0.788. The van der Waals surface area contributed by atoms with E-state index in [9.17, 15) is 24.2 Å². The number of aliphatic hydroxyl groups excluding tert-OH is 1. The molecule has 70 heavy (non-hydrogen) atoms. The molecule has 0 bridgehead atoms. The van der Waals surface area contributed by atoms with E-state index in [-0.39, 0.29) is 29.7 Å². The van der Waals surface area contributed by atoms with Crippen molar-refractivity contribution in [2.45, 2.75) is 102 Å². The van der Waals surface area contributed by atoms with Crippen molar-refractivity contribution < 1.29 is 37.9 Å². The number of hydrogen-bond donors (Lipinski definition) is 5. The number of anilines is 3. The summed E-state index contributed by atoms with van der Waals surface area (Å²) in [6, 6.07) is 19.5. The van der Waals surface area contributed by atoms with Crippen molar-refractivity contribution in [3.8, 4) is 0 Å². The number of aryl methyl sites for hydroxylation is 1. The van der Waals surface area contributed by atoms with Crippen molar-refractivity contribution >= 4 is 53.8 Å². The highest BCUT2D eigenvalue weighted by molar-refractivity contribution is 7.47. The zero-order chi connectivity index (χ0) is 49.5. The van der Waals surface area contributed by atoms with Crippen molar-refractivity contribution in [2.75, 3.05) is 76.4 Å². The molecule has 372 valence electrons. The van der Waals surface area contributed by atoms with Gasteiger partial charge in [0.15, 0.2) is 23.2 Å². The Hall–Kier alpha value is -5.75. The van der Waals surface area contributed by atoms with E-state index in [0.717, 1.165) is 74.0 Å². The van der Waals surface area contributed by atoms with E-state index in [0.29, 0.717) is 55.2 Å². The van der Waals surface area contributed by atoms with Crippen LogP contribution < -0.4 is 36.4 Å². The highest BCUT2D eigenvalue weighted by atomic mass is 31.2. The minimum Gasteiger partial charge on any atom is -0.386 e. The lowest BCUT2D eigenvalue weighted by atomic mass is 9.68. The topological polar surface area (TPSA) is 223 Å². The molecule has 0 saturated carbocycles. The van der Waals surface area contributed by atoms with Crippen molar-refractivity contribution in [1.29, 1.82) is 0 Å². The molecule has 2 aromatic heterocycles. The van der Waals surface area contributed by atoms with E-state index in [1.165, 1.54) is 33.6 Å². The molecule has 19 heteroatoms. The molecule has 9 rings (SSSR count). The lowest BCUT2D eigenvalue weighted by Gasteiger charge is -2.36. The summed E-state index contributed by atoms with van der Waals surface area (Å²) in [5.74, 6) is 0.366. The minimum atomic E-state index is -4.32. The number of carbonyl (C=O) groups is 2. The SMILES string of the molecule is CC[N+]1=c2cc3c(cc2CCC1)=C(c1ccccc1C(=O)N(C)CCCC(=O)NCCCCCCNc1nc2c(N)ncnc2n1[C@@H]1O[C@@H]2COP(=O)(O)O[C@H]2[C@H]1O)c1ccc(N(C)C)cc1C3(C)C. The molecule has 5 heterocycles. The van der Waals surface area contributed by atoms with E-state index in [1.807, 2.05) is 25.2 Å². The Morgan fingerprint density at radius 2 is 1.79 bits per heavy atom. The normalized spacial score (nSPS) is 22.2. The summed E-state index contributed by atoms with van der Waals surface area (Å²) >= 11 is 0. The van der Waals surface area contributed by atoms with Gasteiger partial charge in [-0.05, 0) is 89.9 Å². The van der Waals surface area contributed by atoms with Crippen LogP contribution in [-0.4, -0.2) is 125 Å². The Labute approximate surface area is 408 Å². The third-order valence-electron chi connectivity index (χ3n) is 14.3. The first kappa shape index (κ1) is 49.2. The molecule has 1 unspecified atom stereocenters. The number of carbonyl (C=O) groups excluding carboxylic acids is 2. The van der Waals surface area contributed by atoms with Gasteiger partial charge in [-0.1, -0.05) is 51.0 Å². The average molecular weight is 978 g/mol. The minimum absolute atomic E-state index is 0.0465. The fraction of sp³-hybridized carbons (Fsp3) is 0.490. The Morgan fingerprint density at radius 1 is 1.00 bits per heavy atom. The maximum Gasteiger partial charge on any atom is 0.472 e. The molecular weight excluding hydrogens is 912 g/mol. The number of nitrogen functional groups attached to an aromatic ring is 1. The molecule has 0 spiro atoms. The second-order valence-electron chi connectivity index (χ2n) is 19.5. The van der Waals surface area contributed by atoms with E-state index < -0.39 is 32.4 Å². The van der Waals surface area contributed by atoms with Gasteiger partial charge in [-0.3, -0.25) is 23.2 Å². The number of aromatic nitrogens is 4. The average Bonchev–Trinajstić information content (AvgIpc) is 3.87. The first-order chi connectivity index (χ1) is 33.6. The number of nitrogens with zero attached hydrogens (tertiary/aromatic N) is 7. The van der Waals surface area contributed by atoms with Gasteiger partial charge in [0.1, 0.15) is 37.7 Å². The molecule has 2 saturated heterocycles. The van der Waals surface area contributed by atoms with Gasteiger partial charge in [-0.25, -0.2) is 24.1 Å². The summed E-state index contributed by atoms with van der Waals surface area (Å²) in [5.41, 5.74) is 15.3. The summed E-state index contributed by atoms with van der Waals surface area (Å²) in [5, 5.41) is 20.0. The van der Waals surface area contributed by atoms with Crippen LogP contribution in [0.4, 0.5) is 17.5 Å². The van der Waals surface area contributed by atoms with Crippen LogP contribution in [-0.2, 0) is 35.0 Å². The molecule has 6 N–H and O–H groups in total. The first-order valence-corrected chi connectivity index (χ1v) is 26.0. The Kier molecular flexibility index (Phi) is 14.2. The van der Waals surface area contributed by atoms with Gasteiger partial charge >= 0.3 is 7.82 Å². The van der Waals surface area contributed by atoms with Crippen molar-refractivity contribution in [3.05, 3.63) is 105 Å². The second kappa shape index (κ2) is 20.2. The maximum atomic E-state index is 14.4. The summed E-state index contributed by atoms with van der Waals surface area (Å²) in [7, 11) is 1.64. The number of nitrogens with two attached hydrogens (primary N) is 1. The zero-order valence-electron chi connectivity index (χ0n) is 41.0. The number of nitrogens with one attached hydrogen (secondary N) is 2. The molecular formula is C51H66N10O8P+. The predicted octanol–water partition coefficient (Wildman–Crippen LogP) is 4.23. The number of amides is 2. The number of unbranched alkanes of at least 4 members (excludes halogenated alkanes) is 3. The van der Waals surface area contributed by atoms with Crippen LogP contribution in [0.15, 0.2) is 60.9 Å². The number of phosphoric acid groups is 1. The number of rotatable bonds is 17. The van der Waals surface area contributed by atoms with Crippen molar-refractivity contribution in [1.82, 2.24) is 34.3 Å². The van der Waals surface area contributed by atoms with Crippen LogP contribution in [0.2, 0.25) is 0 Å². The number of hydrogen-bond acceptors (Lipinski definition) is 13. The van der Waals surface area contributed by atoms with Crippen molar-refractivity contribution in [3.63, 3.8) is 0 Å². The Bertz CT molecular complexity index is 3000. The molecule has 2 amide bonds. The lowest BCUT2D eigenvalue weighted by Crippen LogP contribution is -2.43. The fourth-order valence-electron chi connectivity index (χ4n) is 10.5. The van der Waals surface area contributed by atoms with Crippen LogP contribution in [0.3, 0.4) is 0 Å². The summed E-state index contributed by atoms with van der Waals surface area (Å²) in [6.07, 6.45) is 3.33. The van der Waals surface area contributed by atoms with Gasteiger partial charge in [0.05, 0.1) is 6.61 Å². The lowest BCUT2D eigenvalue weighted by molar-refractivity contribution is -0.121. The molecule has 5 aromatic rings. The number of aliphatic hydroxyl groups is 1. The van der Waals surface area contributed by atoms with Crippen LogP contribution in [0.25, 0.3) is 16.7 Å². The van der Waals surface area contributed by atoms with Crippen LogP contribution in [0, 0.1) is 0 Å². The maximum absolute atomic E-state index is 14.4. The predicted molar refractivity (Wildman–Crippen MR) is 268 cm³/mol. The van der Waals surface area contributed by atoms with Crippen molar-refractivity contribution in [2.24, 2.45) is 0 Å². The highest BCUT2D eigenvalue weighted by Gasteiger charge is 2.53. The van der Waals surface area contributed by atoms with Crippen LogP contribution in [0.1, 0.15) is 110 Å². The fourth-order valence-corrected chi connectivity index (χ4v) is 11.5. The van der Waals surface area contributed by atoms with Gasteiger partial charge in [0.2, 0.25) is 17.2 Å². The molecule has 1 aliphatic carbocycles. The smallest absolute Gasteiger partial charge is 0.386 e. The van der Waals surface area contributed by atoms with E-state index in [2.05, 4.69) is 106 Å². The second-order valence-corrected chi connectivity index (χ2v) is 20.9. The van der Waals surface area contributed by atoms with E-state index in [1.54, 1.807) is 9.47 Å². The molecule has 4 aliphatic rings. The molecule has 2 fully saturated rings. The third kappa shape index (κ3) is 9.57. The van der Waals surface area contributed by atoms with Crippen LogP contribution >= 0.6 is 7.82 Å². The molecule has 3 aromatic carbocycles. The van der Waals surface area contributed by atoms with E-state index in [4.69, 9.17) is 19.5 Å². The summed E-state index contributed by atoms with van der Waals surface area (Å²) < 4.78 is 32.2. The zero-order valence-corrected chi connectivity index (χ0v) is 41.9. The van der Waals surface area contributed by atoms with Gasteiger partial charge in [0, 0.05) is 81.9 Å². The first-order valence-electron chi connectivity index (χ1n) is 24.5. The highest BCUT2D eigenvalue weighted by Crippen LogP contribution is 2.53. The molecule has 3 aliphatic heterocycles. The number of ether oxygens (including phenoxy) is 1. The number of phosphoric ester groups is 1. The van der Waals surface area contributed by atoms with Gasteiger partial charge in [0.25, 0.3) is 5.91 Å². The van der Waals surface area contributed by atoms with Gasteiger partial charge in [-0.2, -0.15) is 0 Å². The molecule has 0 radical (unpaired) electrons. The summed E-state index contributed by atoms with van der Waals surface area (Å²) in [6.45, 7) is 10.2.